The summed E-state index contributed by atoms with van der Waals surface area (Å²) < 4.78 is 32.4. The quantitative estimate of drug-likeness (QED) is 0.710. The molecule has 0 atom stereocenters. The third-order valence-electron chi connectivity index (χ3n) is 5.41. The van der Waals surface area contributed by atoms with Crippen molar-refractivity contribution in [2.45, 2.75) is 30.6 Å². The molecule has 0 aromatic heterocycles. The van der Waals surface area contributed by atoms with Crippen LogP contribution in [0.2, 0.25) is 0 Å². The van der Waals surface area contributed by atoms with Crippen molar-refractivity contribution in [1.82, 2.24) is 4.31 Å². The Balaban J connectivity index is 1.33. The molecule has 2 aromatic rings. The first-order valence-electron chi connectivity index (χ1n) is 10.4. The lowest BCUT2D eigenvalue weighted by Crippen LogP contribution is -2.28. The number of nitrogens with one attached hydrogen (secondary N) is 1. The van der Waals surface area contributed by atoms with Gasteiger partial charge >= 0.3 is 0 Å². The highest BCUT2D eigenvalue weighted by molar-refractivity contribution is 7.89. The zero-order chi connectivity index (χ0) is 21.8. The average Bonchev–Trinajstić information content (AvgIpc) is 3.45. The van der Waals surface area contributed by atoms with Gasteiger partial charge in [-0.2, -0.15) is 4.31 Å². The van der Waals surface area contributed by atoms with E-state index in [9.17, 15) is 18.0 Å². The summed E-state index contributed by atoms with van der Waals surface area (Å²) in [7, 11) is -3.54. The number of carbonyl (C=O) groups is 2. The summed E-state index contributed by atoms with van der Waals surface area (Å²) in [5.74, 6) is 0.229. The molecule has 2 aliphatic heterocycles. The highest BCUT2D eigenvalue weighted by Gasteiger charge is 2.27. The summed E-state index contributed by atoms with van der Waals surface area (Å²) in [5.41, 5.74) is 1.21. The molecule has 0 aliphatic carbocycles. The monoisotopic (exact) mass is 443 g/mol. The van der Waals surface area contributed by atoms with E-state index < -0.39 is 15.9 Å². The summed E-state index contributed by atoms with van der Waals surface area (Å²) >= 11 is 0. The topological polar surface area (TPSA) is 96.0 Å². The predicted molar refractivity (Wildman–Crippen MR) is 117 cm³/mol. The third-order valence-corrected chi connectivity index (χ3v) is 7.31. The molecule has 1 N–H and O–H groups in total. The lowest BCUT2D eigenvalue weighted by atomic mass is 10.3. The molecular weight excluding hydrogens is 418 g/mol. The van der Waals surface area contributed by atoms with E-state index in [-0.39, 0.29) is 17.4 Å². The first-order valence-corrected chi connectivity index (χ1v) is 11.8. The minimum atomic E-state index is -3.54. The molecule has 9 heteroatoms. The van der Waals surface area contributed by atoms with Crippen LogP contribution in [0.4, 0.5) is 11.4 Å². The Morgan fingerprint density at radius 1 is 1.00 bits per heavy atom. The predicted octanol–water partition coefficient (Wildman–Crippen LogP) is 2.62. The number of benzene rings is 2. The van der Waals surface area contributed by atoms with E-state index in [0.717, 1.165) is 24.9 Å². The number of ether oxygens (including phenoxy) is 1. The minimum Gasteiger partial charge on any atom is -0.484 e. The summed E-state index contributed by atoms with van der Waals surface area (Å²) in [6, 6.07) is 13.3. The largest absolute Gasteiger partial charge is 0.484 e. The minimum absolute atomic E-state index is 0.113. The van der Waals surface area contributed by atoms with Gasteiger partial charge in [0.25, 0.3) is 5.91 Å². The van der Waals surface area contributed by atoms with Crippen LogP contribution in [-0.2, 0) is 19.6 Å². The molecule has 0 saturated carbocycles. The van der Waals surface area contributed by atoms with Gasteiger partial charge < -0.3 is 15.0 Å². The fourth-order valence-electron chi connectivity index (χ4n) is 3.80. The van der Waals surface area contributed by atoms with Crippen LogP contribution in [-0.4, -0.2) is 50.8 Å². The van der Waals surface area contributed by atoms with E-state index in [1.807, 2.05) is 0 Å². The number of carbonyl (C=O) groups excluding carboxylic acids is 2. The van der Waals surface area contributed by atoms with Gasteiger partial charge in [0.2, 0.25) is 15.9 Å². The Morgan fingerprint density at radius 3 is 2.42 bits per heavy atom. The maximum atomic E-state index is 12.7. The SMILES string of the molecule is O=C(COc1ccc(N2CCCC2=O)cc1)Nc1cccc(S(=O)(=O)N2CCCC2)c1. The van der Waals surface area contributed by atoms with Crippen molar-refractivity contribution in [1.29, 1.82) is 0 Å². The molecule has 0 bridgehead atoms. The van der Waals surface area contributed by atoms with Gasteiger partial charge in [0.15, 0.2) is 6.61 Å². The van der Waals surface area contributed by atoms with Crippen molar-refractivity contribution in [2.75, 3.05) is 36.5 Å². The maximum absolute atomic E-state index is 12.7. The molecule has 2 heterocycles. The molecule has 2 saturated heterocycles. The summed E-state index contributed by atoms with van der Waals surface area (Å²) in [4.78, 5) is 26.0. The van der Waals surface area contributed by atoms with Gasteiger partial charge in [-0.1, -0.05) is 6.07 Å². The van der Waals surface area contributed by atoms with Gasteiger partial charge in [-0.15, -0.1) is 0 Å². The molecule has 8 nitrogen and oxygen atoms in total. The number of rotatable bonds is 7. The van der Waals surface area contributed by atoms with E-state index in [4.69, 9.17) is 4.74 Å². The fourth-order valence-corrected chi connectivity index (χ4v) is 5.36. The first-order chi connectivity index (χ1) is 14.9. The molecule has 0 unspecified atom stereocenters. The van der Waals surface area contributed by atoms with Crippen LogP contribution < -0.4 is 15.0 Å². The molecule has 164 valence electrons. The second-order valence-corrected chi connectivity index (χ2v) is 9.56. The van der Waals surface area contributed by atoms with Crippen LogP contribution in [0.3, 0.4) is 0 Å². The van der Waals surface area contributed by atoms with Crippen LogP contribution in [0, 0.1) is 0 Å². The van der Waals surface area contributed by atoms with Gasteiger partial charge in [0.05, 0.1) is 4.90 Å². The molecule has 31 heavy (non-hydrogen) atoms. The van der Waals surface area contributed by atoms with E-state index in [1.54, 1.807) is 41.3 Å². The van der Waals surface area contributed by atoms with Crippen molar-refractivity contribution < 1.29 is 22.7 Å². The third kappa shape index (κ3) is 4.88. The van der Waals surface area contributed by atoms with Gasteiger partial charge in [-0.05, 0) is 61.7 Å². The van der Waals surface area contributed by atoms with Crippen LogP contribution >= 0.6 is 0 Å². The molecular formula is C22H25N3O5S. The van der Waals surface area contributed by atoms with Crippen LogP contribution in [0.5, 0.6) is 5.75 Å². The smallest absolute Gasteiger partial charge is 0.262 e. The Kier molecular flexibility index (Phi) is 6.24. The van der Waals surface area contributed by atoms with Gasteiger partial charge in [0.1, 0.15) is 5.75 Å². The molecule has 2 aromatic carbocycles. The van der Waals surface area contributed by atoms with E-state index >= 15 is 0 Å². The zero-order valence-corrected chi connectivity index (χ0v) is 17.9. The van der Waals surface area contributed by atoms with Gasteiger partial charge in [-0.3, -0.25) is 9.59 Å². The summed E-state index contributed by atoms with van der Waals surface area (Å²) in [5, 5.41) is 2.68. The Labute approximate surface area is 181 Å². The van der Waals surface area contributed by atoms with Crippen LogP contribution in [0.1, 0.15) is 25.7 Å². The van der Waals surface area contributed by atoms with Gasteiger partial charge in [0, 0.05) is 37.4 Å². The molecule has 2 amide bonds. The van der Waals surface area contributed by atoms with E-state index in [2.05, 4.69) is 5.32 Å². The summed E-state index contributed by atoms with van der Waals surface area (Å²) in [6.07, 6.45) is 3.15. The van der Waals surface area contributed by atoms with Crippen molar-refractivity contribution >= 4 is 33.2 Å². The number of hydrogen-bond acceptors (Lipinski definition) is 5. The Bertz CT molecular complexity index is 1060. The highest BCUT2D eigenvalue weighted by atomic mass is 32.2. The fraction of sp³-hybridized carbons (Fsp3) is 0.364. The zero-order valence-electron chi connectivity index (χ0n) is 17.1. The van der Waals surface area contributed by atoms with Crippen LogP contribution in [0.15, 0.2) is 53.4 Å². The Hall–Kier alpha value is -2.91. The molecule has 0 spiro atoms. The number of amides is 2. The Morgan fingerprint density at radius 2 is 1.74 bits per heavy atom. The van der Waals surface area contributed by atoms with Gasteiger partial charge in [-0.25, -0.2) is 8.42 Å². The van der Waals surface area contributed by atoms with Crippen LogP contribution in [0.25, 0.3) is 0 Å². The number of sulfonamides is 1. The lowest BCUT2D eigenvalue weighted by molar-refractivity contribution is -0.118. The standard InChI is InChI=1S/C22H25N3O5S/c26-21(16-30-19-10-8-18(9-11-19)25-14-4-7-22(25)27)23-17-5-3-6-20(15-17)31(28,29)24-12-1-2-13-24/h3,5-6,8-11,15H,1-2,4,7,12-14,16H2,(H,23,26). The molecule has 4 rings (SSSR count). The number of nitrogens with zero attached hydrogens (tertiary/aromatic N) is 2. The first kappa shape index (κ1) is 21.3. The lowest BCUT2D eigenvalue weighted by Gasteiger charge is -2.16. The number of anilines is 2. The van der Waals surface area contributed by atoms with E-state index in [1.165, 1.54) is 16.4 Å². The van der Waals surface area contributed by atoms with E-state index in [0.29, 0.717) is 37.5 Å². The summed E-state index contributed by atoms with van der Waals surface area (Å²) in [6.45, 7) is 1.55. The van der Waals surface area contributed by atoms with Crippen molar-refractivity contribution in [3.05, 3.63) is 48.5 Å². The molecule has 0 radical (unpaired) electrons. The van der Waals surface area contributed by atoms with Crippen molar-refractivity contribution in [2.24, 2.45) is 0 Å². The molecule has 2 fully saturated rings. The second kappa shape index (κ2) is 9.07. The second-order valence-electron chi connectivity index (χ2n) is 7.62. The normalized spacial score (nSPS) is 17.2. The number of hydrogen-bond donors (Lipinski definition) is 1. The van der Waals surface area contributed by atoms with Crippen molar-refractivity contribution in [3.63, 3.8) is 0 Å². The molecule has 2 aliphatic rings. The highest BCUT2D eigenvalue weighted by Crippen LogP contribution is 2.25. The van der Waals surface area contributed by atoms with Crippen molar-refractivity contribution in [3.8, 4) is 5.75 Å². The maximum Gasteiger partial charge on any atom is 0.262 e. The average molecular weight is 444 g/mol.